The molecule has 18 heavy (non-hydrogen) atoms. The second-order valence-corrected chi connectivity index (χ2v) is 5.33. The molecule has 1 aliphatic carbocycles. The van der Waals surface area contributed by atoms with Gasteiger partial charge in [-0.15, -0.1) is 0 Å². The van der Waals surface area contributed by atoms with Crippen molar-refractivity contribution >= 4 is 11.6 Å². The first-order chi connectivity index (χ1) is 8.83. The normalized spacial score (nSPS) is 16.9. The molecule has 1 N–H and O–H groups in total. The molecule has 0 spiro atoms. The molecule has 3 nitrogen and oxygen atoms in total. The van der Waals surface area contributed by atoms with Crippen LogP contribution in [-0.4, -0.2) is 15.2 Å². The van der Waals surface area contributed by atoms with Gasteiger partial charge in [-0.05, 0) is 25.0 Å². The van der Waals surface area contributed by atoms with E-state index in [-0.39, 0.29) is 0 Å². The molecule has 0 saturated heterocycles. The van der Waals surface area contributed by atoms with Crippen molar-refractivity contribution in [3.8, 4) is 11.4 Å². The molecule has 1 fully saturated rings. The molecule has 1 saturated carbocycles. The molecular weight excluding hydrogens is 246 g/mol. The minimum atomic E-state index is 0.555. The number of hydrogen-bond donors (Lipinski definition) is 1. The van der Waals surface area contributed by atoms with Gasteiger partial charge in [-0.25, -0.2) is 4.98 Å². The van der Waals surface area contributed by atoms with Crippen molar-refractivity contribution in [3.63, 3.8) is 0 Å². The van der Waals surface area contributed by atoms with Gasteiger partial charge in [-0.1, -0.05) is 43.0 Å². The molecule has 2 aromatic rings. The smallest absolute Gasteiger partial charge is 0.181 e. The average molecular weight is 262 g/mol. The maximum Gasteiger partial charge on any atom is 0.181 e. The van der Waals surface area contributed by atoms with Crippen LogP contribution in [0.1, 0.15) is 43.8 Å². The van der Waals surface area contributed by atoms with Crippen molar-refractivity contribution in [1.29, 1.82) is 0 Å². The highest BCUT2D eigenvalue weighted by Gasteiger charge is 2.19. The van der Waals surface area contributed by atoms with E-state index in [9.17, 15) is 0 Å². The van der Waals surface area contributed by atoms with Crippen LogP contribution in [0.2, 0.25) is 5.02 Å². The van der Waals surface area contributed by atoms with Crippen LogP contribution in [0.4, 0.5) is 0 Å². The SMILES string of the molecule is Clc1cccc(-c2n[nH]c(C3CCCCC3)n2)c1. The van der Waals surface area contributed by atoms with Crippen molar-refractivity contribution in [3.05, 3.63) is 35.1 Å². The topological polar surface area (TPSA) is 41.6 Å². The van der Waals surface area contributed by atoms with E-state index in [1.54, 1.807) is 0 Å². The lowest BCUT2D eigenvalue weighted by atomic mass is 9.89. The van der Waals surface area contributed by atoms with Crippen LogP contribution in [0.25, 0.3) is 11.4 Å². The van der Waals surface area contributed by atoms with Crippen LogP contribution in [0, 0.1) is 0 Å². The summed E-state index contributed by atoms with van der Waals surface area (Å²) in [5, 5.41) is 8.12. The van der Waals surface area contributed by atoms with Crippen LogP contribution in [0.5, 0.6) is 0 Å². The molecule has 3 rings (SSSR count). The number of hydrogen-bond acceptors (Lipinski definition) is 2. The lowest BCUT2D eigenvalue weighted by Gasteiger charge is -2.18. The van der Waals surface area contributed by atoms with E-state index in [2.05, 4.69) is 15.2 Å². The van der Waals surface area contributed by atoms with Gasteiger partial charge in [0.05, 0.1) is 0 Å². The summed E-state index contributed by atoms with van der Waals surface area (Å²) in [4.78, 5) is 4.62. The summed E-state index contributed by atoms with van der Waals surface area (Å²) in [5.41, 5.74) is 0.973. The maximum atomic E-state index is 5.98. The van der Waals surface area contributed by atoms with E-state index in [0.717, 1.165) is 22.2 Å². The van der Waals surface area contributed by atoms with Gasteiger partial charge >= 0.3 is 0 Å². The Bertz CT molecular complexity index is 529. The molecule has 0 aliphatic heterocycles. The van der Waals surface area contributed by atoms with Crippen LogP contribution in [-0.2, 0) is 0 Å². The molecule has 1 aliphatic rings. The fraction of sp³-hybridized carbons (Fsp3) is 0.429. The van der Waals surface area contributed by atoms with E-state index >= 15 is 0 Å². The zero-order valence-corrected chi connectivity index (χ0v) is 11.0. The highest BCUT2D eigenvalue weighted by molar-refractivity contribution is 6.30. The molecule has 1 aromatic carbocycles. The number of nitrogens with one attached hydrogen (secondary N) is 1. The number of nitrogens with zero attached hydrogens (tertiary/aromatic N) is 2. The predicted molar refractivity (Wildman–Crippen MR) is 72.7 cm³/mol. The molecule has 0 amide bonds. The monoisotopic (exact) mass is 261 g/mol. The Balaban J connectivity index is 1.84. The molecule has 1 heterocycles. The summed E-state index contributed by atoms with van der Waals surface area (Å²) in [6, 6.07) is 7.67. The Labute approximate surface area is 112 Å². The van der Waals surface area contributed by atoms with Crippen molar-refractivity contribution < 1.29 is 0 Å². The average Bonchev–Trinajstić information content (AvgIpc) is 2.89. The second-order valence-electron chi connectivity index (χ2n) is 4.89. The van der Waals surface area contributed by atoms with E-state index in [1.165, 1.54) is 32.1 Å². The first-order valence-electron chi connectivity index (χ1n) is 6.51. The quantitative estimate of drug-likeness (QED) is 0.881. The molecule has 1 aromatic heterocycles. The van der Waals surface area contributed by atoms with Gasteiger partial charge in [0, 0.05) is 16.5 Å². The minimum absolute atomic E-state index is 0.555. The summed E-state index contributed by atoms with van der Waals surface area (Å²) in [6.07, 6.45) is 6.41. The standard InChI is InChI=1S/C14H16ClN3/c15-12-8-4-7-11(9-12)14-16-13(17-18-14)10-5-2-1-3-6-10/h4,7-10H,1-3,5-6H2,(H,16,17,18). The summed E-state index contributed by atoms with van der Waals surface area (Å²) in [7, 11) is 0. The zero-order chi connectivity index (χ0) is 12.4. The number of rotatable bonds is 2. The molecule has 94 valence electrons. The molecule has 0 atom stereocenters. The van der Waals surface area contributed by atoms with Gasteiger partial charge in [0.2, 0.25) is 0 Å². The van der Waals surface area contributed by atoms with Crippen molar-refractivity contribution in [2.24, 2.45) is 0 Å². The van der Waals surface area contributed by atoms with Crippen molar-refractivity contribution in [2.45, 2.75) is 38.0 Å². The lowest BCUT2D eigenvalue weighted by Crippen LogP contribution is -2.06. The lowest BCUT2D eigenvalue weighted by molar-refractivity contribution is 0.429. The van der Waals surface area contributed by atoms with Gasteiger partial charge in [0.25, 0.3) is 0 Å². The molecule has 0 bridgehead atoms. The zero-order valence-electron chi connectivity index (χ0n) is 10.2. The van der Waals surface area contributed by atoms with Crippen LogP contribution >= 0.6 is 11.6 Å². The number of aromatic amines is 1. The Morgan fingerprint density at radius 1 is 1.17 bits per heavy atom. The summed E-state index contributed by atoms with van der Waals surface area (Å²) in [6.45, 7) is 0. The van der Waals surface area contributed by atoms with Crippen molar-refractivity contribution in [2.75, 3.05) is 0 Å². The highest BCUT2D eigenvalue weighted by Crippen LogP contribution is 2.31. The van der Waals surface area contributed by atoms with E-state index in [0.29, 0.717) is 5.92 Å². The summed E-state index contributed by atoms with van der Waals surface area (Å²) >= 11 is 5.98. The number of H-pyrrole nitrogens is 1. The molecule has 0 unspecified atom stereocenters. The fourth-order valence-electron chi connectivity index (χ4n) is 2.59. The van der Waals surface area contributed by atoms with Gasteiger partial charge in [-0.2, -0.15) is 5.10 Å². The van der Waals surface area contributed by atoms with Gasteiger partial charge in [0.1, 0.15) is 5.82 Å². The maximum absolute atomic E-state index is 5.98. The Hall–Kier alpha value is -1.35. The first kappa shape index (κ1) is 11.7. The second kappa shape index (κ2) is 5.11. The minimum Gasteiger partial charge on any atom is -0.262 e. The summed E-state index contributed by atoms with van der Waals surface area (Å²) < 4.78 is 0. The van der Waals surface area contributed by atoms with E-state index < -0.39 is 0 Å². The third-order valence-electron chi connectivity index (χ3n) is 3.58. The number of halogens is 1. The van der Waals surface area contributed by atoms with Crippen LogP contribution in [0.3, 0.4) is 0 Å². The van der Waals surface area contributed by atoms with E-state index in [4.69, 9.17) is 11.6 Å². The molecular formula is C14H16ClN3. The van der Waals surface area contributed by atoms with Gasteiger partial charge in [-0.3, -0.25) is 5.10 Å². The van der Waals surface area contributed by atoms with Gasteiger partial charge < -0.3 is 0 Å². The highest BCUT2D eigenvalue weighted by atomic mass is 35.5. The van der Waals surface area contributed by atoms with E-state index in [1.807, 2.05) is 24.3 Å². The van der Waals surface area contributed by atoms with Crippen LogP contribution < -0.4 is 0 Å². The predicted octanol–water partition coefficient (Wildman–Crippen LogP) is 4.17. The molecule has 4 heteroatoms. The Kier molecular flexibility index (Phi) is 3.33. The number of benzene rings is 1. The third kappa shape index (κ3) is 2.41. The largest absolute Gasteiger partial charge is 0.262 e. The van der Waals surface area contributed by atoms with Crippen LogP contribution in [0.15, 0.2) is 24.3 Å². The van der Waals surface area contributed by atoms with Crippen molar-refractivity contribution in [1.82, 2.24) is 15.2 Å². The van der Waals surface area contributed by atoms with Gasteiger partial charge in [0.15, 0.2) is 5.82 Å². The molecule has 0 radical (unpaired) electrons. The Morgan fingerprint density at radius 3 is 2.78 bits per heavy atom. The number of aromatic nitrogens is 3. The Morgan fingerprint density at radius 2 is 2.00 bits per heavy atom. The summed E-state index contributed by atoms with van der Waals surface area (Å²) in [5.74, 6) is 2.34. The third-order valence-corrected chi connectivity index (χ3v) is 3.81. The first-order valence-corrected chi connectivity index (χ1v) is 6.89. The fourth-order valence-corrected chi connectivity index (χ4v) is 2.78.